The molecule has 1 heteroatoms. The zero-order chi connectivity index (χ0) is 25.5. The van der Waals surface area contributed by atoms with Crippen molar-refractivity contribution in [1.82, 2.24) is 4.90 Å². The maximum absolute atomic E-state index is 2.94. The molecule has 0 saturated heterocycles. The fraction of sp³-hybridized carbons (Fsp3) is 1.00. The van der Waals surface area contributed by atoms with E-state index in [1.807, 2.05) is 0 Å². The highest BCUT2D eigenvalue weighted by molar-refractivity contribution is 4.92. The zero-order valence-electron chi connectivity index (χ0n) is 25.4. The van der Waals surface area contributed by atoms with Crippen LogP contribution in [-0.4, -0.2) is 22.5 Å². The molecule has 206 valence electrons. The Hall–Kier alpha value is -0.0400. The van der Waals surface area contributed by atoms with Crippen molar-refractivity contribution < 1.29 is 0 Å². The van der Waals surface area contributed by atoms with E-state index in [1.54, 1.807) is 0 Å². The van der Waals surface area contributed by atoms with Crippen LogP contribution in [-0.2, 0) is 0 Å². The van der Waals surface area contributed by atoms with E-state index in [1.165, 1.54) is 154 Å². The SMILES string of the molecule is CCCCCCCCCCC(C)(C)N(CCCCCCC)C(C)(C)CCCCCCCCCC. The van der Waals surface area contributed by atoms with E-state index in [4.69, 9.17) is 0 Å². The van der Waals surface area contributed by atoms with Gasteiger partial charge >= 0.3 is 0 Å². The third-order valence-electron chi connectivity index (χ3n) is 8.23. The summed E-state index contributed by atoms with van der Waals surface area (Å²) in [6.45, 7) is 18.4. The van der Waals surface area contributed by atoms with Crippen LogP contribution in [0.2, 0.25) is 0 Å². The summed E-state index contributed by atoms with van der Waals surface area (Å²) in [6.07, 6.45) is 32.5. The highest BCUT2D eigenvalue weighted by Gasteiger charge is 2.36. The van der Waals surface area contributed by atoms with Crippen LogP contribution in [0.1, 0.15) is 196 Å². The van der Waals surface area contributed by atoms with Crippen LogP contribution in [0.3, 0.4) is 0 Å². The van der Waals surface area contributed by atoms with Crippen LogP contribution in [0.5, 0.6) is 0 Å². The molecule has 0 spiro atoms. The van der Waals surface area contributed by atoms with Crippen molar-refractivity contribution >= 4 is 0 Å². The summed E-state index contributed by atoms with van der Waals surface area (Å²) in [6, 6.07) is 0. The number of unbranched alkanes of at least 4 members (excludes halogenated alkanes) is 18. The van der Waals surface area contributed by atoms with E-state index in [-0.39, 0.29) is 0 Å². The van der Waals surface area contributed by atoms with Crippen molar-refractivity contribution in [3.8, 4) is 0 Å². The van der Waals surface area contributed by atoms with Gasteiger partial charge in [-0.05, 0) is 53.5 Å². The first kappa shape index (κ1) is 34.0. The molecule has 0 atom stereocenters. The highest BCUT2D eigenvalue weighted by Crippen LogP contribution is 2.34. The third kappa shape index (κ3) is 18.3. The van der Waals surface area contributed by atoms with Crippen molar-refractivity contribution in [2.24, 2.45) is 0 Å². The topological polar surface area (TPSA) is 3.24 Å². The van der Waals surface area contributed by atoms with E-state index < -0.39 is 0 Å². The minimum atomic E-state index is 0.316. The number of hydrogen-bond donors (Lipinski definition) is 0. The van der Waals surface area contributed by atoms with Gasteiger partial charge in [-0.3, -0.25) is 4.90 Å². The highest BCUT2D eigenvalue weighted by atomic mass is 15.2. The predicted octanol–water partition coefficient (Wildman–Crippen LogP) is 11.9. The molecule has 0 fully saturated rings. The Labute approximate surface area is 218 Å². The fourth-order valence-electron chi connectivity index (χ4n) is 5.95. The monoisotopic (exact) mass is 480 g/mol. The Balaban J connectivity index is 4.59. The van der Waals surface area contributed by atoms with Crippen LogP contribution in [0.15, 0.2) is 0 Å². The van der Waals surface area contributed by atoms with E-state index in [0.717, 1.165) is 0 Å². The Morgan fingerprint density at radius 1 is 0.353 bits per heavy atom. The van der Waals surface area contributed by atoms with Gasteiger partial charge in [0.1, 0.15) is 0 Å². The maximum Gasteiger partial charge on any atom is 0.0158 e. The van der Waals surface area contributed by atoms with Crippen molar-refractivity contribution in [2.45, 2.75) is 207 Å². The predicted molar refractivity (Wildman–Crippen MR) is 158 cm³/mol. The summed E-state index contributed by atoms with van der Waals surface area (Å²) >= 11 is 0. The molecule has 0 aromatic rings. The summed E-state index contributed by atoms with van der Waals surface area (Å²) in [7, 11) is 0. The van der Waals surface area contributed by atoms with Gasteiger partial charge < -0.3 is 0 Å². The first-order chi connectivity index (χ1) is 16.3. The zero-order valence-corrected chi connectivity index (χ0v) is 25.4. The molecular weight excluding hydrogens is 410 g/mol. The Kier molecular flexibility index (Phi) is 22.2. The summed E-state index contributed by atoms with van der Waals surface area (Å²) in [4.78, 5) is 2.94. The van der Waals surface area contributed by atoms with Crippen molar-refractivity contribution in [3.63, 3.8) is 0 Å². The second kappa shape index (κ2) is 22.2. The van der Waals surface area contributed by atoms with E-state index in [2.05, 4.69) is 53.4 Å². The van der Waals surface area contributed by atoms with Crippen LogP contribution in [0.4, 0.5) is 0 Å². The van der Waals surface area contributed by atoms with Crippen LogP contribution in [0.25, 0.3) is 0 Å². The lowest BCUT2D eigenvalue weighted by atomic mass is 9.85. The average Bonchev–Trinajstić information content (AvgIpc) is 2.79. The third-order valence-corrected chi connectivity index (χ3v) is 8.23. The molecule has 0 aromatic heterocycles. The Morgan fingerprint density at radius 3 is 0.941 bits per heavy atom. The van der Waals surface area contributed by atoms with Crippen molar-refractivity contribution in [1.29, 1.82) is 0 Å². The van der Waals surface area contributed by atoms with Gasteiger partial charge in [-0.2, -0.15) is 0 Å². The van der Waals surface area contributed by atoms with E-state index in [9.17, 15) is 0 Å². The Morgan fingerprint density at radius 2 is 0.618 bits per heavy atom. The first-order valence-corrected chi connectivity index (χ1v) is 16.1. The average molecular weight is 480 g/mol. The maximum atomic E-state index is 2.94. The smallest absolute Gasteiger partial charge is 0.0158 e. The second-order valence-corrected chi connectivity index (χ2v) is 12.6. The molecular formula is C33H69N. The normalized spacial score (nSPS) is 12.7. The van der Waals surface area contributed by atoms with Crippen LogP contribution in [0, 0.1) is 0 Å². The van der Waals surface area contributed by atoms with Gasteiger partial charge in [0.2, 0.25) is 0 Å². The number of hydrogen-bond acceptors (Lipinski definition) is 1. The summed E-state index contributed by atoms with van der Waals surface area (Å²) in [5, 5.41) is 0. The largest absolute Gasteiger partial charge is 0.293 e. The standard InChI is InChI=1S/C33H69N/c1-8-11-14-17-19-21-23-26-29-32(4,5)34(31-28-25-16-13-10-3)33(6,7)30-27-24-22-20-18-15-12-9-2/h8-31H2,1-7H3. The molecule has 1 nitrogen and oxygen atoms in total. The summed E-state index contributed by atoms with van der Waals surface area (Å²) in [5.41, 5.74) is 0.632. The molecule has 0 saturated carbocycles. The molecule has 0 heterocycles. The van der Waals surface area contributed by atoms with Gasteiger partial charge in [-0.25, -0.2) is 0 Å². The quantitative estimate of drug-likeness (QED) is 0.111. The number of rotatable bonds is 26. The van der Waals surface area contributed by atoms with Crippen LogP contribution >= 0.6 is 0 Å². The molecule has 0 aliphatic carbocycles. The Bertz CT molecular complexity index is 379. The van der Waals surface area contributed by atoms with Crippen molar-refractivity contribution in [2.75, 3.05) is 6.54 Å². The molecule has 0 radical (unpaired) electrons. The summed E-state index contributed by atoms with van der Waals surface area (Å²) < 4.78 is 0. The fourth-order valence-corrected chi connectivity index (χ4v) is 5.95. The second-order valence-electron chi connectivity index (χ2n) is 12.6. The lowest BCUT2D eigenvalue weighted by molar-refractivity contribution is 0.00151. The van der Waals surface area contributed by atoms with Crippen LogP contribution < -0.4 is 0 Å². The molecule has 0 aliphatic heterocycles. The number of nitrogens with zero attached hydrogens (tertiary/aromatic N) is 1. The molecule has 34 heavy (non-hydrogen) atoms. The van der Waals surface area contributed by atoms with Gasteiger partial charge in [-0.1, -0.05) is 149 Å². The van der Waals surface area contributed by atoms with E-state index in [0.29, 0.717) is 11.1 Å². The van der Waals surface area contributed by atoms with Gasteiger partial charge in [0.05, 0.1) is 0 Å². The lowest BCUT2D eigenvalue weighted by Crippen LogP contribution is -2.55. The van der Waals surface area contributed by atoms with Gasteiger partial charge in [0.15, 0.2) is 0 Å². The lowest BCUT2D eigenvalue weighted by Gasteiger charge is -2.49. The molecule has 0 bridgehead atoms. The molecule has 0 rings (SSSR count). The molecule has 0 N–H and O–H groups in total. The summed E-state index contributed by atoms with van der Waals surface area (Å²) in [5.74, 6) is 0. The first-order valence-electron chi connectivity index (χ1n) is 16.1. The van der Waals surface area contributed by atoms with Gasteiger partial charge in [0.25, 0.3) is 0 Å². The molecule has 0 unspecified atom stereocenters. The van der Waals surface area contributed by atoms with Gasteiger partial charge in [-0.15, -0.1) is 0 Å². The molecule has 0 aliphatic rings. The minimum Gasteiger partial charge on any atom is -0.293 e. The molecule has 0 aromatic carbocycles. The van der Waals surface area contributed by atoms with Crippen molar-refractivity contribution in [3.05, 3.63) is 0 Å². The van der Waals surface area contributed by atoms with E-state index >= 15 is 0 Å². The van der Waals surface area contributed by atoms with Gasteiger partial charge in [0, 0.05) is 11.1 Å². The molecule has 0 amide bonds. The minimum absolute atomic E-state index is 0.316.